The first-order valence-electron chi connectivity index (χ1n) is 3.88. The minimum atomic E-state index is -0.672. The lowest BCUT2D eigenvalue weighted by Crippen LogP contribution is -2.14. The van der Waals surface area contributed by atoms with Crippen molar-refractivity contribution in [2.45, 2.75) is 18.8 Å². The average Bonchev–Trinajstić information content (AvgIpc) is 2.51. The van der Waals surface area contributed by atoms with E-state index >= 15 is 0 Å². The molecule has 0 aliphatic heterocycles. The summed E-state index contributed by atoms with van der Waals surface area (Å²) in [4.78, 5) is 3.99. The van der Waals surface area contributed by atoms with Crippen LogP contribution >= 0.6 is 11.8 Å². The monoisotopic (exact) mass is 204 g/mol. The summed E-state index contributed by atoms with van der Waals surface area (Å²) < 4.78 is 4.85. The van der Waals surface area contributed by atoms with Gasteiger partial charge in [0.25, 0.3) is 0 Å². The summed E-state index contributed by atoms with van der Waals surface area (Å²) in [6.45, 7) is 1.54. The summed E-state index contributed by atoms with van der Waals surface area (Å²) in [6, 6.07) is 0. The Bertz CT molecular complexity index is 254. The fourth-order valence-corrected chi connectivity index (χ4v) is 1.52. The Morgan fingerprint density at radius 3 is 2.92 bits per heavy atom. The molecule has 0 fully saturated rings. The van der Waals surface area contributed by atoms with Crippen molar-refractivity contribution in [3.63, 3.8) is 0 Å². The lowest BCUT2D eigenvalue weighted by Gasteiger charge is -2.03. The highest BCUT2D eigenvalue weighted by Gasteiger charge is 2.05. The maximum absolute atomic E-state index is 9.00. The van der Waals surface area contributed by atoms with Crippen molar-refractivity contribution in [3.05, 3.63) is 11.7 Å². The van der Waals surface area contributed by atoms with Gasteiger partial charge in [0, 0.05) is 5.75 Å². The van der Waals surface area contributed by atoms with Gasteiger partial charge in [0.15, 0.2) is 5.82 Å². The highest BCUT2D eigenvalue weighted by molar-refractivity contribution is 7.98. The Hall–Kier alpha value is -0.590. The van der Waals surface area contributed by atoms with Crippen molar-refractivity contribution in [2.24, 2.45) is 0 Å². The first-order valence-corrected chi connectivity index (χ1v) is 5.03. The molecule has 0 bridgehead atoms. The van der Waals surface area contributed by atoms with Gasteiger partial charge in [-0.3, -0.25) is 0 Å². The summed E-state index contributed by atoms with van der Waals surface area (Å²) in [7, 11) is 0. The molecule has 1 heterocycles. The maximum atomic E-state index is 9.00. The lowest BCUT2D eigenvalue weighted by atomic mass is 10.4. The van der Waals surface area contributed by atoms with Gasteiger partial charge < -0.3 is 14.7 Å². The summed E-state index contributed by atoms with van der Waals surface area (Å²) in [6.07, 6.45) is -0.672. The third kappa shape index (κ3) is 3.75. The second-order valence-corrected chi connectivity index (χ2v) is 3.62. The van der Waals surface area contributed by atoms with Crippen LogP contribution in [-0.2, 0) is 5.75 Å². The normalized spacial score (nSPS) is 13.2. The Kier molecular flexibility index (Phi) is 4.20. The zero-order valence-electron chi connectivity index (χ0n) is 7.30. The van der Waals surface area contributed by atoms with Crippen molar-refractivity contribution in [3.8, 4) is 0 Å². The van der Waals surface area contributed by atoms with E-state index < -0.39 is 6.10 Å². The fourth-order valence-electron chi connectivity index (χ4n) is 0.734. The molecule has 13 heavy (non-hydrogen) atoms. The van der Waals surface area contributed by atoms with Gasteiger partial charge in [0.1, 0.15) is 0 Å². The number of aryl methyl sites for hydroxylation is 1. The maximum Gasteiger partial charge on any atom is 0.236 e. The van der Waals surface area contributed by atoms with Gasteiger partial charge in [0.05, 0.1) is 18.5 Å². The quantitative estimate of drug-likeness (QED) is 0.701. The van der Waals surface area contributed by atoms with E-state index in [4.69, 9.17) is 14.7 Å². The van der Waals surface area contributed by atoms with E-state index in [0.29, 0.717) is 23.2 Å². The smallest absolute Gasteiger partial charge is 0.236 e. The van der Waals surface area contributed by atoms with Crippen LogP contribution in [0, 0.1) is 6.92 Å². The molecule has 2 N–H and O–H groups in total. The number of hydrogen-bond donors (Lipinski definition) is 2. The molecular weight excluding hydrogens is 192 g/mol. The minimum Gasteiger partial charge on any atom is -0.394 e. The molecule has 6 heteroatoms. The van der Waals surface area contributed by atoms with Gasteiger partial charge in [-0.15, -0.1) is 11.8 Å². The molecule has 5 nitrogen and oxygen atoms in total. The predicted molar refractivity (Wildman–Crippen MR) is 48.3 cm³/mol. The van der Waals surface area contributed by atoms with Gasteiger partial charge >= 0.3 is 0 Å². The van der Waals surface area contributed by atoms with Crippen LogP contribution in [-0.4, -0.2) is 38.8 Å². The van der Waals surface area contributed by atoms with Gasteiger partial charge in [-0.05, 0) is 6.92 Å². The molecule has 0 spiro atoms. The number of hydrogen-bond acceptors (Lipinski definition) is 6. The van der Waals surface area contributed by atoms with E-state index in [1.54, 1.807) is 6.92 Å². The van der Waals surface area contributed by atoms with Crippen LogP contribution in [0.1, 0.15) is 11.7 Å². The zero-order valence-corrected chi connectivity index (χ0v) is 8.12. The number of aromatic nitrogens is 2. The molecule has 1 rings (SSSR count). The van der Waals surface area contributed by atoms with Crippen LogP contribution in [0.15, 0.2) is 4.52 Å². The molecule has 0 radical (unpaired) electrons. The molecule has 1 aromatic rings. The third-order valence-electron chi connectivity index (χ3n) is 1.32. The number of aliphatic hydroxyl groups excluding tert-OH is 2. The highest BCUT2D eigenvalue weighted by Crippen LogP contribution is 2.10. The van der Waals surface area contributed by atoms with Gasteiger partial charge in [-0.25, -0.2) is 0 Å². The molecule has 0 aliphatic carbocycles. The third-order valence-corrected chi connectivity index (χ3v) is 2.39. The summed E-state index contributed by atoms with van der Waals surface area (Å²) >= 11 is 1.45. The van der Waals surface area contributed by atoms with Crippen LogP contribution in [0.25, 0.3) is 0 Å². The topological polar surface area (TPSA) is 79.4 Å². The van der Waals surface area contributed by atoms with E-state index in [2.05, 4.69) is 10.1 Å². The number of rotatable bonds is 5. The minimum absolute atomic E-state index is 0.212. The zero-order chi connectivity index (χ0) is 9.68. The largest absolute Gasteiger partial charge is 0.394 e. The van der Waals surface area contributed by atoms with Crippen molar-refractivity contribution in [1.82, 2.24) is 10.1 Å². The predicted octanol–water partition coefficient (Wildman–Crippen LogP) is -0.0356. The molecule has 1 aromatic heterocycles. The Morgan fingerprint density at radius 2 is 2.38 bits per heavy atom. The van der Waals surface area contributed by atoms with Crippen LogP contribution in [0.3, 0.4) is 0 Å². The van der Waals surface area contributed by atoms with E-state index in [1.807, 2.05) is 0 Å². The van der Waals surface area contributed by atoms with Gasteiger partial charge in [-0.2, -0.15) is 4.98 Å². The van der Waals surface area contributed by atoms with Crippen molar-refractivity contribution < 1.29 is 14.7 Å². The number of thioether (sulfide) groups is 1. The molecule has 74 valence electrons. The molecule has 0 aromatic carbocycles. The van der Waals surface area contributed by atoms with Crippen LogP contribution < -0.4 is 0 Å². The lowest BCUT2D eigenvalue weighted by molar-refractivity contribution is 0.113. The van der Waals surface area contributed by atoms with Gasteiger partial charge in [-0.1, -0.05) is 5.16 Å². The summed E-state index contributed by atoms with van der Waals surface area (Å²) in [5.41, 5.74) is 0. The van der Waals surface area contributed by atoms with Crippen molar-refractivity contribution in [2.75, 3.05) is 12.4 Å². The van der Waals surface area contributed by atoms with E-state index in [9.17, 15) is 0 Å². The standard InChI is InChI=1S/C7H12N2O3S/c1-5-8-7(12-9-5)4-13-3-6(11)2-10/h6,10-11H,2-4H2,1H3. The molecule has 0 amide bonds. The number of aliphatic hydroxyl groups is 2. The second-order valence-electron chi connectivity index (χ2n) is 2.59. The van der Waals surface area contributed by atoms with Crippen LogP contribution in [0.4, 0.5) is 0 Å². The first-order chi connectivity index (χ1) is 6.22. The molecular formula is C7H12N2O3S. The molecule has 1 unspecified atom stereocenters. The average molecular weight is 204 g/mol. The molecule has 0 aliphatic rings. The Morgan fingerprint density at radius 1 is 1.62 bits per heavy atom. The molecule has 1 atom stereocenters. The van der Waals surface area contributed by atoms with Crippen molar-refractivity contribution in [1.29, 1.82) is 0 Å². The van der Waals surface area contributed by atoms with E-state index in [1.165, 1.54) is 11.8 Å². The molecule has 0 saturated heterocycles. The molecule has 0 saturated carbocycles. The van der Waals surface area contributed by atoms with Gasteiger partial charge in [0.2, 0.25) is 5.89 Å². The van der Waals surface area contributed by atoms with E-state index in [0.717, 1.165) is 0 Å². The van der Waals surface area contributed by atoms with Crippen molar-refractivity contribution >= 4 is 11.8 Å². The first kappa shape index (κ1) is 10.5. The van der Waals surface area contributed by atoms with Crippen LogP contribution in [0.2, 0.25) is 0 Å². The van der Waals surface area contributed by atoms with E-state index in [-0.39, 0.29) is 6.61 Å². The SMILES string of the molecule is Cc1noc(CSCC(O)CO)n1. The fraction of sp³-hybridized carbons (Fsp3) is 0.714. The van der Waals surface area contributed by atoms with Crippen LogP contribution in [0.5, 0.6) is 0 Å². The Labute approximate surface area is 80.2 Å². The second kappa shape index (κ2) is 5.21. The number of nitrogens with zero attached hydrogens (tertiary/aromatic N) is 2. The Balaban J connectivity index is 2.20. The highest BCUT2D eigenvalue weighted by atomic mass is 32.2. The summed E-state index contributed by atoms with van der Waals surface area (Å²) in [5, 5.41) is 21.1. The summed E-state index contributed by atoms with van der Waals surface area (Å²) in [5.74, 6) is 2.20.